The number of aliphatic hydroxyl groups excluding tert-OH is 2. The molecule has 4 nitrogen and oxygen atoms in total. The number of aryl methyl sites for hydroxylation is 2. The summed E-state index contributed by atoms with van der Waals surface area (Å²) in [5.41, 5.74) is -2.24. The van der Waals surface area contributed by atoms with Crippen molar-refractivity contribution >= 4 is 6.08 Å². The molecule has 2 rings (SSSR count). The summed E-state index contributed by atoms with van der Waals surface area (Å²) in [5, 5.41) is 28.3. The smallest absolute Gasteiger partial charge is 0.430 e. The van der Waals surface area contributed by atoms with Crippen LogP contribution in [0.3, 0.4) is 0 Å². The minimum Gasteiger partial charge on any atom is -0.491 e. The highest BCUT2D eigenvalue weighted by Crippen LogP contribution is 2.45. The van der Waals surface area contributed by atoms with Gasteiger partial charge in [0.15, 0.2) is 0 Å². The van der Waals surface area contributed by atoms with Crippen molar-refractivity contribution in [2.45, 2.75) is 82.9 Å². The van der Waals surface area contributed by atoms with E-state index in [1.807, 2.05) is 39.0 Å². The standard InChI is InChI=1S/C29H36F6O4/c1-5-26(6-2,23-11-12-25(20(4)17-23)39-18-24(37)8-7-15-36)22-10-9-21(19(3)16-22)13-14-27(38,28(30,31)32)29(33,34)35/h9-14,16-17,24,36-38H,5-8,15,18H2,1-4H3/t24-/m0/s1. The van der Waals surface area contributed by atoms with Crippen LogP contribution in [0.1, 0.15) is 67.3 Å². The molecule has 0 fully saturated rings. The maximum absolute atomic E-state index is 13.0. The summed E-state index contributed by atoms with van der Waals surface area (Å²) in [6, 6.07) is 10.6. The van der Waals surface area contributed by atoms with Crippen molar-refractivity contribution in [2.24, 2.45) is 0 Å². The minimum absolute atomic E-state index is 0.0129. The summed E-state index contributed by atoms with van der Waals surface area (Å²) in [5.74, 6) is 0.599. The van der Waals surface area contributed by atoms with Crippen LogP contribution in [0.15, 0.2) is 42.5 Å². The molecule has 0 aliphatic rings. The van der Waals surface area contributed by atoms with E-state index in [4.69, 9.17) is 9.84 Å². The van der Waals surface area contributed by atoms with Gasteiger partial charge in [-0.3, -0.25) is 0 Å². The number of hydrogen-bond donors (Lipinski definition) is 3. The summed E-state index contributed by atoms with van der Waals surface area (Å²) in [7, 11) is 0. The van der Waals surface area contributed by atoms with Crippen molar-refractivity contribution in [1.29, 1.82) is 0 Å². The molecule has 0 radical (unpaired) electrons. The fourth-order valence-electron chi connectivity index (χ4n) is 4.66. The van der Waals surface area contributed by atoms with Gasteiger partial charge in [0.2, 0.25) is 0 Å². The van der Waals surface area contributed by atoms with Gasteiger partial charge in [-0.1, -0.05) is 50.3 Å². The van der Waals surface area contributed by atoms with E-state index in [2.05, 4.69) is 0 Å². The second-order valence-electron chi connectivity index (χ2n) is 9.77. The molecule has 1 atom stereocenters. The van der Waals surface area contributed by atoms with Crippen LogP contribution in [-0.4, -0.2) is 52.6 Å². The second-order valence-corrected chi connectivity index (χ2v) is 9.77. The first-order valence-corrected chi connectivity index (χ1v) is 12.7. The number of benzene rings is 2. The lowest BCUT2D eigenvalue weighted by Crippen LogP contribution is -2.55. The fourth-order valence-corrected chi connectivity index (χ4v) is 4.66. The predicted octanol–water partition coefficient (Wildman–Crippen LogP) is 6.79. The molecular weight excluding hydrogens is 526 g/mol. The molecule has 0 bridgehead atoms. The van der Waals surface area contributed by atoms with Crippen molar-refractivity contribution in [2.75, 3.05) is 13.2 Å². The van der Waals surface area contributed by atoms with E-state index in [0.29, 0.717) is 43.1 Å². The summed E-state index contributed by atoms with van der Waals surface area (Å²) < 4.78 is 84.1. The molecule has 39 heavy (non-hydrogen) atoms. The third-order valence-electron chi connectivity index (χ3n) is 7.25. The van der Waals surface area contributed by atoms with Crippen LogP contribution in [-0.2, 0) is 5.41 Å². The van der Waals surface area contributed by atoms with Gasteiger partial charge in [-0.2, -0.15) is 26.3 Å². The quantitative estimate of drug-likeness (QED) is 0.249. The normalized spacial score (nSPS) is 14.2. The number of rotatable bonds is 12. The molecule has 3 N–H and O–H groups in total. The minimum atomic E-state index is -5.93. The van der Waals surface area contributed by atoms with Gasteiger partial charge in [0.25, 0.3) is 5.60 Å². The van der Waals surface area contributed by atoms with E-state index in [1.165, 1.54) is 6.07 Å². The molecular formula is C29H36F6O4. The largest absolute Gasteiger partial charge is 0.491 e. The van der Waals surface area contributed by atoms with E-state index in [0.717, 1.165) is 16.7 Å². The average molecular weight is 563 g/mol. The summed E-state index contributed by atoms with van der Waals surface area (Å²) in [6.07, 6.45) is -9.97. The molecule has 2 aromatic rings. The van der Waals surface area contributed by atoms with E-state index in [1.54, 1.807) is 19.1 Å². The number of aliphatic hydroxyl groups is 3. The summed E-state index contributed by atoms with van der Waals surface area (Å²) in [4.78, 5) is 0. The predicted molar refractivity (Wildman–Crippen MR) is 138 cm³/mol. The summed E-state index contributed by atoms with van der Waals surface area (Å²) >= 11 is 0. The fraction of sp³-hybridized carbons (Fsp3) is 0.517. The van der Waals surface area contributed by atoms with Crippen LogP contribution < -0.4 is 4.74 Å². The number of halogens is 6. The van der Waals surface area contributed by atoms with Crippen molar-refractivity contribution < 1.29 is 46.4 Å². The third-order valence-corrected chi connectivity index (χ3v) is 7.25. The zero-order valence-electron chi connectivity index (χ0n) is 22.5. The Bertz CT molecular complexity index is 1110. The molecule has 2 aromatic carbocycles. The Balaban J connectivity index is 2.40. The summed E-state index contributed by atoms with van der Waals surface area (Å²) in [6.45, 7) is 7.52. The molecule has 10 heteroatoms. The Kier molecular flexibility index (Phi) is 10.7. The van der Waals surface area contributed by atoms with Gasteiger partial charge in [0.05, 0.1) is 6.10 Å². The molecule has 218 valence electrons. The zero-order chi connectivity index (χ0) is 29.6. The highest BCUT2D eigenvalue weighted by molar-refractivity contribution is 5.57. The lowest BCUT2D eigenvalue weighted by atomic mass is 9.70. The van der Waals surface area contributed by atoms with Gasteiger partial charge in [0, 0.05) is 12.0 Å². The van der Waals surface area contributed by atoms with Gasteiger partial charge >= 0.3 is 12.4 Å². The van der Waals surface area contributed by atoms with Gasteiger partial charge in [-0.25, -0.2) is 0 Å². The van der Waals surface area contributed by atoms with E-state index in [9.17, 15) is 36.6 Å². The van der Waals surface area contributed by atoms with Gasteiger partial charge in [-0.15, -0.1) is 0 Å². The van der Waals surface area contributed by atoms with Crippen molar-refractivity contribution in [3.8, 4) is 5.75 Å². The average Bonchev–Trinajstić information content (AvgIpc) is 2.86. The van der Waals surface area contributed by atoms with Crippen LogP contribution in [0.2, 0.25) is 0 Å². The lowest BCUT2D eigenvalue weighted by molar-refractivity contribution is -0.347. The highest BCUT2D eigenvalue weighted by Gasteiger charge is 2.68. The molecule has 0 heterocycles. The van der Waals surface area contributed by atoms with Crippen LogP contribution in [0, 0.1) is 13.8 Å². The maximum atomic E-state index is 13.0. The van der Waals surface area contributed by atoms with Crippen LogP contribution in [0.25, 0.3) is 6.08 Å². The lowest BCUT2D eigenvalue weighted by Gasteiger charge is -2.34. The SMILES string of the molecule is CCC(CC)(c1ccc(C=CC(O)(C(F)(F)F)C(F)(F)F)c(C)c1)c1ccc(OC[C@@H](O)CCCO)c(C)c1. The molecule has 0 spiro atoms. The number of alkyl halides is 6. The van der Waals surface area contributed by atoms with Crippen molar-refractivity contribution in [1.82, 2.24) is 0 Å². The van der Waals surface area contributed by atoms with Crippen LogP contribution in [0.5, 0.6) is 5.75 Å². The number of hydrogen-bond acceptors (Lipinski definition) is 4. The van der Waals surface area contributed by atoms with Gasteiger partial charge < -0.3 is 20.1 Å². The first-order chi connectivity index (χ1) is 18.1. The van der Waals surface area contributed by atoms with Crippen LogP contribution in [0.4, 0.5) is 26.3 Å². The van der Waals surface area contributed by atoms with E-state index in [-0.39, 0.29) is 24.9 Å². The molecule has 0 aromatic heterocycles. The molecule has 0 unspecified atom stereocenters. The monoisotopic (exact) mass is 562 g/mol. The molecule has 0 saturated heterocycles. The van der Waals surface area contributed by atoms with Gasteiger partial charge in [0.1, 0.15) is 12.4 Å². The topological polar surface area (TPSA) is 69.9 Å². The highest BCUT2D eigenvalue weighted by atomic mass is 19.4. The Hall–Kier alpha value is -2.56. The maximum Gasteiger partial charge on any atom is 0.430 e. The zero-order valence-corrected chi connectivity index (χ0v) is 22.5. The molecule has 0 saturated carbocycles. The van der Waals surface area contributed by atoms with E-state index >= 15 is 0 Å². The Morgan fingerprint density at radius 2 is 1.41 bits per heavy atom. The van der Waals surface area contributed by atoms with Crippen molar-refractivity contribution in [3.63, 3.8) is 0 Å². The first kappa shape index (κ1) is 32.7. The third kappa shape index (κ3) is 7.15. The Morgan fingerprint density at radius 1 is 0.872 bits per heavy atom. The molecule has 0 aliphatic heterocycles. The molecule has 0 amide bonds. The van der Waals surface area contributed by atoms with Crippen molar-refractivity contribution in [3.05, 3.63) is 70.3 Å². The number of ether oxygens (including phenoxy) is 1. The second kappa shape index (κ2) is 12.7. The van der Waals surface area contributed by atoms with Crippen LogP contribution >= 0.6 is 0 Å². The molecule has 0 aliphatic carbocycles. The van der Waals surface area contributed by atoms with Gasteiger partial charge in [-0.05, 0) is 79.5 Å². The Morgan fingerprint density at radius 3 is 1.87 bits per heavy atom. The first-order valence-electron chi connectivity index (χ1n) is 12.7. The Labute approximate surface area is 224 Å². The van der Waals surface area contributed by atoms with E-state index < -0.39 is 29.5 Å².